The highest BCUT2D eigenvalue weighted by molar-refractivity contribution is 5.77. The zero-order valence-corrected chi connectivity index (χ0v) is 15.6. The first-order valence-electron chi connectivity index (χ1n) is 10.6. The SMILES string of the molecule is O=C(CC1CCN(C(=O)NC2CCCCC2)CC1)NC1CCCCC1. The number of likely N-dealkylation sites (tertiary alicyclic amines) is 1. The molecule has 1 heterocycles. The Morgan fingerprint density at radius 2 is 1.24 bits per heavy atom. The molecule has 3 rings (SSSR count). The number of piperidine rings is 1. The lowest BCUT2D eigenvalue weighted by Crippen LogP contribution is -2.48. The summed E-state index contributed by atoms with van der Waals surface area (Å²) >= 11 is 0. The Morgan fingerprint density at radius 1 is 0.720 bits per heavy atom. The van der Waals surface area contributed by atoms with Crippen molar-refractivity contribution in [3.8, 4) is 0 Å². The molecule has 0 bridgehead atoms. The minimum absolute atomic E-state index is 0.108. The second-order valence-electron chi connectivity index (χ2n) is 8.32. The molecule has 0 aromatic heterocycles. The molecular formula is C20H35N3O2. The molecule has 0 spiro atoms. The van der Waals surface area contributed by atoms with Crippen molar-refractivity contribution in [2.45, 2.75) is 95.6 Å². The van der Waals surface area contributed by atoms with Crippen LogP contribution < -0.4 is 10.6 Å². The maximum absolute atomic E-state index is 12.4. The normalized spacial score (nSPS) is 24.1. The van der Waals surface area contributed by atoms with Crippen LogP contribution >= 0.6 is 0 Å². The molecule has 5 nitrogen and oxygen atoms in total. The van der Waals surface area contributed by atoms with Gasteiger partial charge in [-0.3, -0.25) is 4.79 Å². The largest absolute Gasteiger partial charge is 0.353 e. The lowest BCUT2D eigenvalue weighted by molar-refractivity contribution is -0.123. The third-order valence-electron chi connectivity index (χ3n) is 6.28. The fourth-order valence-corrected chi connectivity index (χ4v) is 4.65. The van der Waals surface area contributed by atoms with Gasteiger partial charge in [0.05, 0.1) is 0 Å². The summed E-state index contributed by atoms with van der Waals surface area (Å²) in [6.45, 7) is 1.58. The van der Waals surface area contributed by atoms with Gasteiger partial charge in [0.25, 0.3) is 0 Å². The third-order valence-corrected chi connectivity index (χ3v) is 6.28. The number of nitrogens with zero attached hydrogens (tertiary/aromatic N) is 1. The molecule has 0 unspecified atom stereocenters. The van der Waals surface area contributed by atoms with E-state index in [1.54, 1.807) is 0 Å². The number of carbonyl (C=O) groups excluding carboxylic acids is 2. The Kier molecular flexibility index (Phi) is 7.00. The monoisotopic (exact) mass is 349 g/mol. The van der Waals surface area contributed by atoms with E-state index in [0.717, 1.165) is 51.6 Å². The Morgan fingerprint density at radius 3 is 1.80 bits per heavy atom. The second kappa shape index (κ2) is 9.44. The van der Waals surface area contributed by atoms with Crippen molar-refractivity contribution in [2.24, 2.45) is 5.92 Å². The second-order valence-corrected chi connectivity index (χ2v) is 8.32. The Balaban J connectivity index is 1.33. The first kappa shape index (κ1) is 18.5. The fraction of sp³-hybridized carbons (Fsp3) is 0.900. The summed E-state index contributed by atoms with van der Waals surface area (Å²) in [5, 5.41) is 6.43. The van der Waals surface area contributed by atoms with E-state index in [4.69, 9.17) is 0 Å². The van der Waals surface area contributed by atoms with Crippen molar-refractivity contribution in [2.75, 3.05) is 13.1 Å². The third kappa shape index (κ3) is 5.89. The zero-order chi connectivity index (χ0) is 17.5. The van der Waals surface area contributed by atoms with E-state index in [9.17, 15) is 9.59 Å². The number of urea groups is 1. The smallest absolute Gasteiger partial charge is 0.317 e. The first-order chi connectivity index (χ1) is 12.2. The van der Waals surface area contributed by atoms with E-state index in [1.165, 1.54) is 38.5 Å². The van der Waals surface area contributed by atoms with Gasteiger partial charge in [0.2, 0.25) is 5.91 Å². The lowest BCUT2D eigenvalue weighted by Gasteiger charge is -2.34. The predicted molar refractivity (Wildman–Crippen MR) is 99.3 cm³/mol. The van der Waals surface area contributed by atoms with Crippen molar-refractivity contribution < 1.29 is 9.59 Å². The van der Waals surface area contributed by atoms with Crippen molar-refractivity contribution in [1.29, 1.82) is 0 Å². The summed E-state index contributed by atoms with van der Waals surface area (Å²) in [5.74, 6) is 0.652. The standard InChI is InChI=1S/C20H35N3O2/c24-19(21-17-7-3-1-4-8-17)15-16-11-13-23(14-12-16)20(25)22-18-9-5-2-6-10-18/h16-18H,1-15H2,(H,21,24)(H,22,25). The van der Waals surface area contributed by atoms with E-state index >= 15 is 0 Å². The predicted octanol–water partition coefficient (Wildman–Crippen LogP) is 3.58. The lowest BCUT2D eigenvalue weighted by atomic mass is 9.92. The van der Waals surface area contributed by atoms with E-state index in [0.29, 0.717) is 24.4 Å². The van der Waals surface area contributed by atoms with E-state index in [2.05, 4.69) is 10.6 Å². The molecule has 0 atom stereocenters. The van der Waals surface area contributed by atoms with Crippen LogP contribution in [0.4, 0.5) is 4.79 Å². The van der Waals surface area contributed by atoms with Crippen LogP contribution in [0.15, 0.2) is 0 Å². The molecule has 2 N–H and O–H groups in total. The molecular weight excluding hydrogens is 314 g/mol. The van der Waals surface area contributed by atoms with Gasteiger partial charge in [0.1, 0.15) is 0 Å². The van der Waals surface area contributed by atoms with E-state index in [1.807, 2.05) is 4.90 Å². The summed E-state index contributed by atoms with van der Waals surface area (Å²) < 4.78 is 0. The highest BCUT2D eigenvalue weighted by atomic mass is 16.2. The fourth-order valence-electron chi connectivity index (χ4n) is 4.65. The topological polar surface area (TPSA) is 61.4 Å². The van der Waals surface area contributed by atoms with Crippen LogP contribution in [0.2, 0.25) is 0 Å². The molecule has 5 heteroatoms. The van der Waals surface area contributed by atoms with Crippen LogP contribution in [-0.4, -0.2) is 42.0 Å². The van der Waals surface area contributed by atoms with Crippen LogP contribution in [0.5, 0.6) is 0 Å². The zero-order valence-electron chi connectivity index (χ0n) is 15.6. The van der Waals surface area contributed by atoms with Gasteiger partial charge in [0.15, 0.2) is 0 Å². The summed E-state index contributed by atoms with van der Waals surface area (Å²) in [7, 11) is 0. The molecule has 2 aliphatic carbocycles. The molecule has 0 aromatic rings. The number of nitrogens with one attached hydrogen (secondary N) is 2. The van der Waals surface area contributed by atoms with Crippen molar-refractivity contribution in [3.05, 3.63) is 0 Å². The molecule has 0 aromatic carbocycles. The van der Waals surface area contributed by atoms with Crippen LogP contribution in [0.1, 0.15) is 83.5 Å². The maximum atomic E-state index is 12.4. The molecule has 142 valence electrons. The van der Waals surface area contributed by atoms with E-state index in [-0.39, 0.29) is 11.9 Å². The average molecular weight is 350 g/mol. The Labute approximate surface area is 152 Å². The summed E-state index contributed by atoms with van der Waals surface area (Å²) in [5.41, 5.74) is 0. The molecule has 3 aliphatic rings. The Hall–Kier alpha value is -1.26. The molecule has 3 amide bonds. The summed E-state index contributed by atoms with van der Waals surface area (Å²) in [4.78, 5) is 26.6. The van der Waals surface area contributed by atoms with Crippen LogP contribution in [0, 0.1) is 5.92 Å². The van der Waals surface area contributed by atoms with Gasteiger partial charge < -0.3 is 15.5 Å². The van der Waals surface area contributed by atoms with Gasteiger partial charge in [0, 0.05) is 31.6 Å². The van der Waals surface area contributed by atoms with Crippen LogP contribution in [-0.2, 0) is 4.79 Å². The number of rotatable bonds is 4. The number of hydrogen-bond donors (Lipinski definition) is 2. The average Bonchev–Trinajstić information content (AvgIpc) is 2.64. The number of hydrogen-bond acceptors (Lipinski definition) is 2. The summed E-state index contributed by atoms with van der Waals surface area (Å²) in [6, 6.07) is 0.889. The molecule has 0 radical (unpaired) electrons. The van der Waals surface area contributed by atoms with Crippen molar-refractivity contribution in [3.63, 3.8) is 0 Å². The van der Waals surface area contributed by atoms with Crippen molar-refractivity contribution in [1.82, 2.24) is 15.5 Å². The number of amides is 3. The maximum Gasteiger partial charge on any atom is 0.317 e. The highest BCUT2D eigenvalue weighted by Gasteiger charge is 2.26. The number of carbonyl (C=O) groups is 2. The minimum atomic E-state index is 0.108. The van der Waals surface area contributed by atoms with Gasteiger partial charge in [-0.05, 0) is 44.4 Å². The van der Waals surface area contributed by atoms with Gasteiger partial charge in [-0.1, -0.05) is 38.5 Å². The molecule has 25 heavy (non-hydrogen) atoms. The molecule has 2 saturated carbocycles. The molecule has 3 fully saturated rings. The molecule has 1 aliphatic heterocycles. The van der Waals surface area contributed by atoms with Gasteiger partial charge in [-0.25, -0.2) is 4.79 Å². The highest BCUT2D eigenvalue weighted by Crippen LogP contribution is 2.23. The van der Waals surface area contributed by atoms with E-state index < -0.39 is 0 Å². The van der Waals surface area contributed by atoms with Crippen LogP contribution in [0.3, 0.4) is 0 Å². The van der Waals surface area contributed by atoms with Gasteiger partial charge in [-0.2, -0.15) is 0 Å². The Bertz CT molecular complexity index is 434. The quantitative estimate of drug-likeness (QED) is 0.815. The summed E-state index contributed by atoms with van der Waals surface area (Å²) in [6.07, 6.45) is 14.7. The molecule has 1 saturated heterocycles. The van der Waals surface area contributed by atoms with Crippen molar-refractivity contribution >= 4 is 11.9 Å². The minimum Gasteiger partial charge on any atom is -0.353 e. The van der Waals surface area contributed by atoms with Crippen LogP contribution in [0.25, 0.3) is 0 Å². The van der Waals surface area contributed by atoms with Gasteiger partial charge >= 0.3 is 6.03 Å². The van der Waals surface area contributed by atoms with Gasteiger partial charge in [-0.15, -0.1) is 0 Å². The first-order valence-corrected chi connectivity index (χ1v) is 10.6.